The average molecular weight is 316 g/mol. The number of nitrogens with zero attached hydrogens (tertiary/aromatic N) is 6. The standard InChI is InChI=1S/C15H20N6O2/c1-11(22)15(23)21-6-3-4-12(8-21)14-18-17-13(19(14)2)9-20-7-5-16-10-20/h5,7,10,12H,3-4,6,8-9H2,1-2H3. The van der Waals surface area contributed by atoms with Crippen molar-refractivity contribution in [2.75, 3.05) is 13.1 Å². The molecule has 8 heteroatoms. The van der Waals surface area contributed by atoms with Crippen molar-refractivity contribution in [3.8, 4) is 0 Å². The predicted molar refractivity (Wildman–Crippen MR) is 81.6 cm³/mol. The van der Waals surface area contributed by atoms with Gasteiger partial charge in [0.15, 0.2) is 5.82 Å². The van der Waals surface area contributed by atoms with Gasteiger partial charge >= 0.3 is 0 Å². The van der Waals surface area contributed by atoms with E-state index in [4.69, 9.17) is 0 Å². The molecule has 0 radical (unpaired) electrons. The summed E-state index contributed by atoms with van der Waals surface area (Å²) in [4.78, 5) is 28.8. The van der Waals surface area contributed by atoms with Crippen molar-refractivity contribution in [2.45, 2.75) is 32.2 Å². The molecule has 0 saturated carbocycles. The maximum absolute atomic E-state index is 11.9. The Bertz CT molecular complexity index is 706. The van der Waals surface area contributed by atoms with Crippen LogP contribution in [0.1, 0.15) is 37.3 Å². The first-order valence-corrected chi connectivity index (χ1v) is 7.70. The second-order valence-electron chi connectivity index (χ2n) is 5.91. The highest BCUT2D eigenvalue weighted by molar-refractivity contribution is 6.35. The van der Waals surface area contributed by atoms with E-state index in [1.807, 2.05) is 22.4 Å². The van der Waals surface area contributed by atoms with E-state index in [1.165, 1.54) is 6.92 Å². The summed E-state index contributed by atoms with van der Waals surface area (Å²) in [5.41, 5.74) is 0. The van der Waals surface area contributed by atoms with Crippen LogP contribution in [0.15, 0.2) is 18.7 Å². The topological polar surface area (TPSA) is 85.9 Å². The number of piperidine rings is 1. The number of aromatic nitrogens is 5. The summed E-state index contributed by atoms with van der Waals surface area (Å²) < 4.78 is 3.91. The number of ketones is 1. The van der Waals surface area contributed by atoms with Gasteiger partial charge in [0, 0.05) is 45.4 Å². The summed E-state index contributed by atoms with van der Waals surface area (Å²) in [6.07, 6.45) is 7.15. The Balaban J connectivity index is 1.75. The summed E-state index contributed by atoms with van der Waals surface area (Å²) in [6.45, 7) is 3.08. The number of rotatable bonds is 4. The molecule has 1 fully saturated rings. The highest BCUT2D eigenvalue weighted by atomic mass is 16.2. The zero-order valence-electron chi connectivity index (χ0n) is 13.3. The zero-order chi connectivity index (χ0) is 16.4. The van der Waals surface area contributed by atoms with Gasteiger partial charge in [0.2, 0.25) is 5.78 Å². The molecular formula is C15H20N6O2. The molecule has 1 amide bonds. The number of carbonyl (C=O) groups excluding carboxylic acids is 2. The van der Waals surface area contributed by atoms with Gasteiger partial charge in [-0.15, -0.1) is 10.2 Å². The molecule has 1 aliphatic heterocycles. The summed E-state index contributed by atoms with van der Waals surface area (Å²) in [5, 5.41) is 8.58. The Kier molecular flexibility index (Phi) is 4.22. The van der Waals surface area contributed by atoms with Crippen LogP contribution >= 0.6 is 0 Å². The fourth-order valence-corrected chi connectivity index (χ4v) is 3.01. The van der Waals surface area contributed by atoms with Crippen LogP contribution in [-0.2, 0) is 23.2 Å². The summed E-state index contributed by atoms with van der Waals surface area (Å²) in [5.74, 6) is 0.996. The van der Waals surface area contributed by atoms with E-state index in [0.717, 1.165) is 24.5 Å². The van der Waals surface area contributed by atoms with Gasteiger partial charge in [-0.25, -0.2) is 4.98 Å². The lowest BCUT2D eigenvalue weighted by Crippen LogP contribution is -2.42. The van der Waals surface area contributed by atoms with Crippen LogP contribution in [0.25, 0.3) is 0 Å². The van der Waals surface area contributed by atoms with Gasteiger partial charge in [-0.2, -0.15) is 0 Å². The monoisotopic (exact) mass is 316 g/mol. The second kappa shape index (κ2) is 6.31. The maximum Gasteiger partial charge on any atom is 0.289 e. The van der Waals surface area contributed by atoms with Gasteiger partial charge in [-0.1, -0.05) is 0 Å². The highest BCUT2D eigenvalue weighted by Gasteiger charge is 2.29. The molecule has 23 heavy (non-hydrogen) atoms. The molecule has 3 rings (SSSR count). The number of imidazole rings is 1. The third-order valence-corrected chi connectivity index (χ3v) is 4.26. The Morgan fingerprint density at radius 3 is 2.87 bits per heavy atom. The Labute approximate surface area is 134 Å². The molecular weight excluding hydrogens is 296 g/mol. The lowest BCUT2D eigenvalue weighted by atomic mass is 9.97. The molecule has 3 heterocycles. The van der Waals surface area contributed by atoms with E-state index in [9.17, 15) is 9.59 Å². The molecule has 8 nitrogen and oxygen atoms in total. The van der Waals surface area contributed by atoms with Crippen LogP contribution in [-0.4, -0.2) is 54.0 Å². The van der Waals surface area contributed by atoms with Crippen molar-refractivity contribution in [3.63, 3.8) is 0 Å². The normalized spacial score (nSPS) is 18.2. The number of likely N-dealkylation sites (tertiary alicyclic amines) is 1. The van der Waals surface area contributed by atoms with E-state index in [2.05, 4.69) is 15.2 Å². The number of Topliss-reactive ketones (excluding diaryl/α,β-unsaturated/α-hetero) is 1. The van der Waals surface area contributed by atoms with Gasteiger partial charge in [-0.05, 0) is 12.8 Å². The molecule has 1 unspecified atom stereocenters. The molecule has 2 aromatic rings. The summed E-state index contributed by atoms with van der Waals surface area (Å²) >= 11 is 0. The zero-order valence-corrected chi connectivity index (χ0v) is 13.3. The lowest BCUT2D eigenvalue weighted by Gasteiger charge is -2.31. The Morgan fingerprint density at radius 2 is 2.17 bits per heavy atom. The predicted octanol–water partition coefficient (Wildman–Crippen LogP) is 0.355. The third kappa shape index (κ3) is 3.15. The smallest absolute Gasteiger partial charge is 0.289 e. The summed E-state index contributed by atoms with van der Waals surface area (Å²) in [6, 6.07) is 0. The van der Waals surface area contributed by atoms with Crippen LogP contribution in [0, 0.1) is 0 Å². The summed E-state index contributed by atoms with van der Waals surface area (Å²) in [7, 11) is 1.94. The van der Waals surface area contributed by atoms with Crippen molar-refractivity contribution in [1.82, 2.24) is 29.2 Å². The van der Waals surface area contributed by atoms with Crippen molar-refractivity contribution >= 4 is 11.7 Å². The maximum atomic E-state index is 11.9. The Hall–Kier alpha value is -2.51. The van der Waals surface area contributed by atoms with Gasteiger partial charge < -0.3 is 14.0 Å². The van der Waals surface area contributed by atoms with Gasteiger partial charge in [0.05, 0.1) is 12.9 Å². The third-order valence-electron chi connectivity index (χ3n) is 4.26. The van der Waals surface area contributed by atoms with E-state index in [0.29, 0.717) is 19.6 Å². The first-order valence-electron chi connectivity index (χ1n) is 7.70. The average Bonchev–Trinajstić information content (AvgIpc) is 3.18. The minimum absolute atomic E-state index is 0.112. The van der Waals surface area contributed by atoms with Crippen molar-refractivity contribution in [2.24, 2.45) is 7.05 Å². The largest absolute Gasteiger partial charge is 0.335 e. The molecule has 122 valence electrons. The molecule has 1 aliphatic rings. The van der Waals surface area contributed by atoms with Crippen LogP contribution in [0.2, 0.25) is 0 Å². The van der Waals surface area contributed by atoms with Crippen LogP contribution in [0.5, 0.6) is 0 Å². The van der Waals surface area contributed by atoms with Crippen LogP contribution in [0.3, 0.4) is 0 Å². The SMILES string of the molecule is CC(=O)C(=O)N1CCCC(c2nnc(Cn3ccnc3)n2C)C1. The second-order valence-corrected chi connectivity index (χ2v) is 5.91. The fraction of sp³-hybridized carbons (Fsp3) is 0.533. The van der Waals surface area contributed by atoms with E-state index < -0.39 is 11.7 Å². The van der Waals surface area contributed by atoms with E-state index in [-0.39, 0.29) is 5.92 Å². The van der Waals surface area contributed by atoms with Gasteiger partial charge in [0.1, 0.15) is 5.82 Å². The molecule has 0 bridgehead atoms. The van der Waals surface area contributed by atoms with Crippen molar-refractivity contribution in [3.05, 3.63) is 30.4 Å². The minimum atomic E-state index is -0.413. The molecule has 2 aromatic heterocycles. The van der Waals surface area contributed by atoms with Gasteiger partial charge in [-0.3, -0.25) is 9.59 Å². The molecule has 0 aliphatic carbocycles. The van der Waals surface area contributed by atoms with Gasteiger partial charge in [0.25, 0.3) is 5.91 Å². The van der Waals surface area contributed by atoms with E-state index >= 15 is 0 Å². The van der Waals surface area contributed by atoms with E-state index in [1.54, 1.807) is 17.4 Å². The molecule has 0 spiro atoms. The fourth-order valence-electron chi connectivity index (χ4n) is 3.01. The van der Waals surface area contributed by atoms with Crippen LogP contribution < -0.4 is 0 Å². The minimum Gasteiger partial charge on any atom is -0.335 e. The molecule has 0 aromatic carbocycles. The molecule has 1 atom stereocenters. The number of hydrogen-bond donors (Lipinski definition) is 0. The van der Waals surface area contributed by atoms with Crippen LogP contribution in [0.4, 0.5) is 0 Å². The number of carbonyl (C=O) groups is 2. The van der Waals surface area contributed by atoms with Crippen molar-refractivity contribution in [1.29, 1.82) is 0 Å². The Morgan fingerprint density at radius 1 is 1.35 bits per heavy atom. The highest BCUT2D eigenvalue weighted by Crippen LogP contribution is 2.26. The molecule has 0 N–H and O–H groups in total. The molecule has 1 saturated heterocycles. The first-order chi connectivity index (χ1) is 11.1. The number of amides is 1. The number of hydrogen-bond acceptors (Lipinski definition) is 5. The first kappa shape index (κ1) is 15.4. The quantitative estimate of drug-likeness (QED) is 0.760. The lowest BCUT2D eigenvalue weighted by molar-refractivity contribution is -0.144. The van der Waals surface area contributed by atoms with Crippen molar-refractivity contribution < 1.29 is 9.59 Å².